The Morgan fingerprint density at radius 2 is 2.18 bits per heavy atom. The zero-order valence-corrected chi connectivity index (χ0v) is 7.42. The zero-order valence-electron chi connectivity index (χ0n) is 7.42. The number of ether oxygens (including phenoxy) is 1. The van der Waals surface area contributed by atoms with Gasteiger partial charge in [0.15, 0.2) is 0 Å². The summed E-state index contributed by atoms with van der Waals surface area (Å²) in [6, 6.07) is 2.14. The highest BCUT2D eigenvalue weighted by Crippen LogP contribution is 1.98. The predicted octanol–water partition coefficient (Wildman–Crippen LogP) is 0.771. The highest BCUT2D eigenvalue weighted by Gasteiger charge is 2.09. The number of methoxy groups -OCH3 is 1. The molecule has 1 atom stereocenters. The third kappa shape index (κ3) is 4.77. The second-order valence-corrected chi connectivity index (χ2v) is 2.80. The first-order valence-electron chi connectivity index (χ1n) is 3.84. The molecule has 0 heterocycles. The minimum atomic E-state index is -0.0508. The maximum Gasteiger partial charge on any atom is 0.0976 e. The van der Waals surface area contributed by atoms with Crippen LogP contribution in [-0.2, 0) is 4.74 Å². The normalized spacial score (nSPS) is 13.0. The van der Waals surface area contributed by atoms with Gasteiger partial charge in [0, 0.05) is 13.7 Å². The van der Waals surface area contributed by atoms with Gasteiger partial charge >= 0.3 is 0 Å². The summed E-state index contributed by atoms with van der Waals surface area (Å²) < 4.78 is 4.84. The Labute approximate surface area is 68.3 Å². The predicted molar refractivity (Wildman–Crippen MR) is 44.1 cm³/mol. The van der Waals surface area contributed by atoms with E-state index in [-0.39, 0.29) is 6.04 Å². The molecule has 0 aromatic rings. The Kier molecular flexibility index (Phi) is 5.81. The van der Waals surface area contributed by atoms with E-state index in [2.05, 4.69) is 11.4 Å². The van der Waals surface area contributed by atoms with Crippen LogP contribution in [0.25, 0.3) is 0 Å². The van der Waals surface area contributed by atoms with Crippen molar-refractivity contribution in [1.29, 1.82) is 5.26 Å². The van der Waals surface area contributed by atoms with E-state index in [1.165, 1.54) is 0 Å². The lowest BCUT2D eigenvalue weighted by Gasteiger charge is -2.13. The van der Waals surface area contributed by atoms with E-state index in [0.29, 0.717) is 12.5 Å². The summed E-state index contributed by atoms with van der Waals surface area (Å²) in [6.07, 6.45) is 0. The van der Waals surface area contributed by atoms with Gasteiger partial charge in [0.1, 0.15) is 0 Å². The molecule has 64 valence electrons. The Morgan fingerprint density at radius 1 is 1.55 bits per heavy atom. The Bertz CT molecular complexity index is 129. The largest absolute Gasteiger partial charge is 0.383 e. The van der Waals surface area contributed by atoms with E-state index in [1.807, 2.05) is 13.8 Å². The second kappa shape index (κ2) is 6.14. The number of nitrogens with one attached hydrogen (secondary N) is 1. The molecular formula is C8H16N2O. The Balaban J connectivity index is 3.47. The maximum atomic E-state index is 8.64. The van der Waals surface area contributed by atoms with Gasteiger partial charge in [0.2, 0.25) is 0 Å². The van der Waals surface area contributed by atoms with Crippen molar-refractivity contribution in [1.82, 2.24) is 5.32 Å². The standard InChI is InChI=1S/C8H16N2O/c1-7(2)8(6-9)10-4-5-11-3/h7-8,10H,4-5H2,1-3H3. The van der Waals surface area contributed by atoms with E-state index >= 15 is 0 Å². The first kappa shape index (κ1) is 10.4. The molecule has 0 aliphatic carbocycles. The van der Waals surface area contributed by atoms with Crippen LogP contribution in [0.2, 0.25) is 0 Å². The first-order valence-corrected chi connectivity index (χ1v) is 3.84. The van der Waals surface area contributed by atoms with E-state index in [9.17, 15) is 0 Å². The fourth-order valence-electron chi connectivity index (χ4n) is 0.747. The van der Waals surface area contributed by atoms with Gasteiger partial charge in [-0.1, -0.05) is 13.8 Å². The molecular weight excluding hydrogens is 140 g/mol. The third-order valence-corrected chi connectivity index (χ3v) is 1.48. The monoisotopic (exact) mass is 156 g/mol. The number of hydrogen-bond donors (Lipinski definition) is 1. The average Bonchev–Trinajstić information content (AvgIpc) is 1.97. The molecule has 11 heavy (non-hydrogen) atoms. The third-order valence-electron chi connectivity index (χ3n) is 1.48. The average molecular weight is 156 g/mol. The van der Waals surface area contributed by atoms with Crippen LogP contribution in [-0.4, -0.2) is 26.3 Å². The molecule has 0 saturated heterocycles. The van der Waals surface area contributed by atoms with Crippen LogP contribution in [0.15, 0.2) is 0 Å². The molecule has 0 amide bonds. The quantitative estimate of drug-likeness (QED) is 0.598. The van der Waals surface area contributed by atoms with Crippen LogP contribution in [0.5, 0.6) is 0 Å². The SMILES string of the molecule is COCCNC(C#N)C(C)C. The number of rotatable bonds is 5. The zero-order chi connectivity index (χ0) is 8.69. The molecule has 0 aromatic heterocycles. The van der Waals surface area contributed by atoms with E-state index < -0.39 is 0 Å². The van der Waals surface area contributed by atoms with Crippen molar-refractivity contribution in [3.05, 3.63) is 0 Å². The van der Waals surface area contributed by atoms with Crippen LogP contribution in [0.3, 0.4) is 0 Å². The van der Waals surface area contributed by atoms with Crippen molar-refractivity contribution < 1.29 is 4.74 Å². The summed E-state index contributed by atoms with van der Waals surface area (Å²) in [5, 5.41) is 11.7. The van der Waals surface area contributed by atoms with Gasteiger partial charge in [-0.15, -0.1) is 0 Å². The summed E-state index contributed by atoms with van der Waals surface area (Å²) in [5.74, 6) is 0.358. The Hall–Kier alpha value is -0.590. The van der Waals surface area contributed by atoms with Gasteiger partial charge in [-0.25, -0.2) is 0 Å². The smallest absolute Gasteiger partial charge is 0.0976 e. The minimum absolute atomic E-state index is 0.0508. The summed E-state index contributed by atoms with van der Waals surface area (Å²) in [4.78, 5) is 0. The molecule has 0 spiro atoms. The van der Waals surface area contributed by atoms with Crippen LogP contribution in [0, 0.1) is 17.2 Å². The van der Waals surface area contributed by atoms with E-state index in [0.717, 1.165) is 6.54 Å². The van der Waals surface area contributed by atoms with E-state index in [1.54, 1.807) is 7.11 Å². The van der Waals surface area contributed by atoms with Crippen LogP contribution >= 0.6 is 0 Å². The highest BCUT2D eigenvalue weighted by atomic mass is 16.5. The molecule has 1 N–H and O–H groups in total. The minimum Gasteiger partial charge on any atom is -0.383 e. The van der Waals surface area contributed by atoms with E-state index in [4.69, 9.17) is 10.00 Å². The van der Waals surface area contributed by atoms with Crippen LogP contribution in [0.1, 0.15) is 13.8 Å². The van der Waals surface area contributed by atoms with Gasteiger partial charge in [-0.3, -0.25) is 5.32 Å². The first-order chi connectivity index (χ1) is 5.22. The topological polar surface area (TPSA) is 45.0 Å². The maximum absolute atomic E-state index is 8.64. The fourth-order valence-corrected chi connectivity index (χ4v) is 0.747. The van der Waals surface area contributed by atoms with Crippen molar-refractivity contribution in [2.24, 2.45) is 5.92 Å². The van der Waals surface area contributed by atoms with Crippen molar-refractivity contribution >= 4 is 0 Å². The summed E-state index contributed by atoms with van der Waals surface area (Å²) in [7, 11) is 1.65. The Morgan fingerprint density at radius 3 is 2.55 bits per heavy atom. The van der Waals surface area contributed by atoms with Gasteiger partial charge < -0.3 is 4.74 Å². The highest BCUT2D eigenvalue weighted by molar-refractivity contribution is 4.91. The number of nitriles is 1. The van der Waals surface area contributed by atoms with Gasteiger partial charge in [-0.2, -0.15) is 5.26 Å². The lowest BCUT2D eigenvalue weighted by molar-refractivity contribution is 0.195. The molecule has 0 fully saturated rings. The van der Waals surface area contributed by atoms with Gasteiger partial charge in [-0.05, 0) is 5.92 Å². The molecule has 1 unspecified atom stereocenters. The second-order valence-electron chi connectivity index (χ2n) is 2.80. The molecule has 0 aliphatic heterocycles. The van der Waals surface area contributed by atoms with Crippen molar-refractivity contribution in [3.8, 4) is 6.07 Å². The molecule has 0 bridgehead atoms. The molecule has 0 aliphatic rings. The molecule has 0 rings (SSSR count). The van der Waals surface area contributed by atoms with Gasteiger partial charge in [0.25, 0.3) is 0 Å². The number of nitrogens with zero attached hydrogens (tertiary/aromatic N) is 1. The fraction of sp³-hybridized carbons (Fsp3) is 0.875. The molecule has 0 aromatic carbocycles. The molecule has 0 radical (unpaired) electrons. The molecule has 3 heteroatoms. The van der Waals surface area contributed by atoms with Crippen molar-refractivity contribution in [2.45, 2.75) is 19.9 Å². The lowest BCUT2D eigenvalue weighted by Crippen LogP contribution is -2.34. The van der Waals surface area contributed by atoms with Gasteiger partial charge in [0.05, 0.1) is 18.7 Å². The summed E-state index contributed by atoms with van der Waals surface area (Å²) in [5.41, 5.74) is 0. The lowest BCUT2D eigenvalue weighted by atomic mass is 10.1. The van der Waals surface area contributed by atoms with Crippen molar-refractivity contribution in [3.63, 3.8) is 0 Å². The molecule has 0 saturated carbocycles. The molecule has 3 nitrogen and oxygen atoms in total. The van der Waals surface area contributed by atoms with Crippen LogP contribution in [0.4, 0.5) is 0 Å². The number of hydrogen-bond acceptors (Lipinski definition) is 3. The van der Waals surface area contributed by atoms with Crippen molar-refractivity contribution in [2.75, 3.05) is 20.3 Å². The summed E-state index contributed by atoms with van der Waals surface area (Å²) in [6.45, 7) is 5.44. The summed E-state index contributed by atoms with van der Waals surface area (Å²) >= 11 is 0. The van der Waals surface area contributed by atoms with Crippen LogP contribution < -0.4 is 5.32 Å².